The molecule has 17 heavy (non-hydrogen) atoms. The SMILES string of the molecule is CC(C)c1cccc([PH](=O)c2ccccc2)c1. The van der Waals surface area contributed by atoms with Gasteiger partial charge in [-0.05, 0) is 17.5 Å². The zero-order valence-corrected chi connectivity index (χ0v) is 11.2. The maximum Gasteiger partial charge on any atom is 0.131 e. The van der Waals surface area contributed by atoms with Crippen LogP contribution >= 0.6 is 7.80 Å². The minimum Gasteiger partial charge on any atom is -0.317 e. The molecule has 1 atom stereocenters. The Morgan fingerprint density at radius 3 is 2.18 bits per heavy atom. The molecule has 0 amide bonds. The third kappa shape index (κ3) is 2.87. The Morgan fingerprint density at radius 2 is 1.53 bits per heavy atom. The maximum atomic E-state index is 12.4. The van der Waals surface area contributed by atoms with E-state index in [0.717, 1.165) is 10.6 Å². The van der Waals surface area contributed by atoms with Crippen LogP contribution in [0.3, 0.4) is 0 Å². The van der Waals surface area contributed by atoms with Gasteiger partial charge in [0.1, 0.15) is 7.80 Å². The predicted molar refractivity (Wildman–Crippen MR) is 75.2 cm³/mol. The zero-order chi connectivity index (χ0) is 12.3. The van der Waals surface area contributed by atoms with Crippen LogP contribution in [0.5, 0.6) is 0 Å². The van der Waals surface area contributed by atoms with Crippen molar-refractivity contribution in [3.05, 3.63) is 60.2 Å². The van der Waals surface area contributed by atoms with Gasteiger partial charge in [0.25, 0.3) is 0 Å². The lowest BCUT2D eigenvalue weighted by atomic mass is 10.0. The molecular weight excluding hydrogens is 227 g/mol. The van der Waals surface area contributed by atoms with Gasteiger partial charge >= 0.3 is 0 Å². The van der Waals surface area contributed by atoms with E-state index in [1.165, 1.54) is 5.56 Å². The third-order valence-corrected chi connectivity index (χ3v) is 4.54. The average Bonchev–Trinajstić information content (AvgIpc) is 2.39. The fraction of sp³-hybridized carbons (Fsp3) is 0.200. The van der Waals surface area contributed by atoms with Crippen LogP contribution in [0.15, 0.2) is 54.6 Å². The van der Waals surface area contributed by atoms with Crippen LogP contribution in [0, 0.1) is 0 Å². The second kappa shape index (κ2) is 5.33. The molecule has 2 aromatic carbocycles. The molecule has 0 saturated carbocycles. The quantitative estimate of drug-likeness (QED) is 0.757. The van der Waals surface area contributed by atoms with Crippen molar-refractivity contribution >= 4 is 18.4 Å². The highest BCUT2D eigenvalue weighted by Crippen LogP contribution is 2.21. The molecule has 1 nitrogen and oxygen atoms in total. The first kappa shape index (κ1) is 12.1. The van der Waals surface area contributed by atoms with Gasteiger partial charge in [-0.2, -0.15) is 0 Å². The Hall–Kier alpha value is -1.33. The Bertz CT molecular complexity index is 517. The molecule has 2 aromatic rings. The van der Waals surface area contributed by atoms with Crippen molar-refractivity contribution in [3.8, 4) is 0 Å². The van der Waals surface area contributed by atoms with Crippen LogP contribution < -0.4 is 10.6 Å². The lowest BCUT2D eigenvalue weighted by Gasteiger charge is -2.08. The van der Waals surface area contributed by atoms with Crippen LogP contribution in [0.2, 0.25) is 0 Å². The summed E-state index contributed by atoms with van der Waals surface area (Å²) in [5, 5.41) is 1.88. The molecule has 0 aromatic heterocycles. The Morgan fingerprint density at radius 1 is 0.882 bits per heavy atom. The highest BCUT2D eigenvalue weighted by atomic mass is 31.1. The van der Waals surface area contributed by atoms with E-state index in [2.05, 4.69) is 26.0 Å². The summed E-state index contributed by atoms with van der Waals surface area (Å²) in [5.74, 6) is 0.473. The summed E-state index contributed by atoms with van der Waals surface area (Å²) in [6.07, 6.45) is 0. The highest BCUT2D eigenvalue weighted by Gasteiger charge is 2.07. The van der Waals surface area contributed by atoms with E-state index in [9.17, 15) is 4.57 Å². The van der Waals surface area contributed by atoms with Crippen LogP contribution in [0.25, 0.3) is 0 Å². The summed E-state index contributed by atoms with van der Waals surface area (Å²) >= 11 is 0. The van der Waals surface area contributed by atoms with Crippen molar-refractivity contribution in [2.75, 3.05) is 0 Å². The third-order valence-electron chi connectivity index (χ3n) is 2.85. The van der Waals surface area contributed by atoms with Gasteiger partial charge in [-0.25, -0.2) is 0 Å². The molecule has 0 radical (unpaired) electrons. The molecule has 0 aliphatic heterocycles. The first-order valence-electron chi connectivity index (χ1n) is 5.88. The molecule has 88 valence electrons. The summed E-state index contributed by atoms with van der Waals surface area (Å²) in [6.45, 7) is 4.30. The second-order valence-electron chi connectivity index (χ2n) is 4.48. The Balaban J connectivity index is 2.35. The first-order chi connectivity index (χ1) is 8.18. The van der Waals surface area contributed by atoms with Crippen molar-refractivity contribution in [2.45, 2.75) is 19.8 Å². The summed E-state index contributed by atoms with van der Waals surface area (Å²) in [6, 6.07) is 17.8. The fourth-order valence-electron chi connectivity index (χ4n) is 1.80. The summed E-state index contributed by atoms with van der Waals surface area (Å²) in [7, 11) is -1.85. The number of hydrogen-bond donors (Lipinski definition) is 0. The lowest BCUT2D eigenvalue weighted by molar-refractivity contribution is 0.598. The van der Waals surface area contributed by atoms with E-state index in [4.69, 9.17) is 0 Å². The summed E-state index contributed by atoms with van der Waals surface area (Å²) in [4.78, 5) is 0. The molecular formula is C15H17OP. The average molecular weight is 244 g/mol. The molecule has 0 fully saturated rings. The largest absolute Gasteiger partial charge is 0.317 e. The van der Waals surface area contributed by atoms with Crippen molar-refractivity contribution < 1.29 is 4.57 Å². The van der Waals surface area contributed by atoms with Crippen molar-refractivity contribution in [3.63, 3.8) is 0 Å². The molecule has 2 heteroatoms. The van der Waals surface area contributed by atoms with Gasteiger partial charge in [-0.3, -0.25) is 0 Å². The minimum absolute atomic E-state index is 0.473. The standard InChI is InChI=1S/C15H17OP/c1-12(2)13-7-6-10-15(11-13)17(16)14-8-4-3-5-9-14/h3-12,17H,1-2H3. The fourth-order valence-corrected chi connectivity index (χ4v) is 3.17. The van der Waals surface area contributed by atoms with Crippen LogP contribution in [-0.4, -0.2) is 0 Å². The van der Waals surface area contributed by atoms with E-state index < -0.39 is 7.80 Å². The van der Waals surface area contributed by atoms with Crippen LogP contribution in [0.1, 0.15) is 25.3 Å². The van der Waals surface area contributed by atoms with E-state index in [1.807, 2.05) is 42.5 Å². The molecule has 2 rings (SSSR count). The Kier molecular flexibility index (Phi) is 3.81. The molecule has 0 bridgehead atoms. The van der Waals surface area contributed by atoms with Gasteiger partial charge in [0, 0.05) is 10.6 Å². The van der Waals surface area contributed by atoms with E-state index in [1.54, 1.807) is 0 Å². The molecule has 0 aliphatic carbocycles. The second-order valence-corrected chi connectivity index (χ2v) is 6.29. The number of hydrogen-bond acceptors (Lipinski definition) is 1. The van der Waals surface area contributed by atoms with Gasteiger partial charge < -0.3 is 4.57 Å². The van der Waals surface area contributed by atoms with Gasteiger partial charge in [-0.1, -0.05) is 62.4 Å². The van der Waals surface area contributed by atoms with Crippen molar-refractivity contribution in [1.82, 2.24) is 0 Å². The maximum absolute atomic E-state index is 12.4. The first-order valence-corrected chi connectivity index (χ1v) is 7.29. The minimum atomic E-state index is -1.85. The molecule has 0 aliphatic rings. The van der Waals surface area contributed by atoms with Crippen LogP contribution in [0.4, 0.5) is 0 Å². The zero-order valence-electron chi connectivity index (χ0n) is 10.2. The van der Waals surface area contributed by atoms with E-state index in [0.29, 0.717) is 5.92 Å². The van der Waals surface area contributed by atoms with Gasteiger partial charge in [0.15, 0.2) is 0 Å². The number of benzene rings is 2. The smallest absolute Gasteiger partial charge is 0.131 e. The van der Waals surface area contributed by atoms with Gasteiger partial charge in [-0.15, -0.1) is 0 Å². The topological polar surface area (TPSA) is 17.1 Å². The molecule has 1 unspecified atom stereocenters. The monoisotopic (exact) mass is 244 g/mol. The normalized spacial score (nSPS) is 12.6. The van der Waals surface area contributed by atoms with Crippen molar-refractivity contribution in [1.29, 1.82) is 0 Å². The Labute approximate surface area is 103 Å². The predicted octanol–water partition coefficient (Wildman–Crippen LogP) is 3.32. The molecule has 0 N–H and O–H groups in total. The lowest BCUT2D eigenvalue weighted by Crippen LogP contribution is -2.07. The molecule has 0 saturated heterocycles. The number of rotatable bonds is 3. The van der Waals surface area contributed by atoms with Gasteiger partial charge in [0.05, 0.1) is 0 Å². The summed E-state index contributed by atoms with van der Waals surface area (Å²) < 4.78 is 12.4. The van der Waals surface area contributed by atoms with E-state index >= 15 is 0 Å². The highest BCUT2D eigenvalue weighted by molar-refractivity contribution is 7.61. The van der Waals surface area contributed by atoms with E-state index in [-0.39, 0.29) is 0 Å². The summed E-state index contributed by atoms with van der Waals surface area (Å²) in [5.41, 5.74) is 1.25. The van der Waals surface area contributed by atoms with Crippen LogP contribution in [-0.2, 0) is 4.57 Å². The molecule has 0 heterocycles. The molecule has 0 spiro atoms. The van der Waals surface area contributed by atoms with Crippen molar-refractivity contribution in [2.24, 2.45) is 0 Å². The van der Waals surface area contributed by atoms with Gasteiger partial charge in [0.2, 0.25) is 0 Å².